The highest BCUT2D eigenvalue weighted by molar-refractivity contribution is 5.67. The third-order valence-electron chi connectivity index (χ3n) is 3.69. The van der Waals surface area contributed by atoms with Crippen molar-refractivity contribution in [3.05, 3.63) is 0 Å². The molecule has 0 saturated carbocycles. The van der Waals surface area contributed by atoms with Gasteiger partial charge in [0.25, 0.3) is 0 Å². The Morgan fingerprint density at radius 1 is 0.700 bits per heavy atom. The molecule has 118 valence electrons. The van der Waals surface area contributed by atoms with Gasteiger partial charge in [-0.05, 0) is 11.8 Å². The fraction of sp³-hybridized carbons (Fsp3) is 0.875. The number of unbranched alkanes of at least 4 members (excludes halogenated alkanes) is 5. The maximum Gasteiger partial charge on any atom is 0.303 e. The lowest BCUT2D eigenvalue weighted by Gasteiger charge is -2.09. The van der Waals surface area contributed by atoms with E-state index in [2.05, 4.69) is 0 Å². The van der Waals surface area contributed by atoms with Crippen molar-refractivity contribution in [1.82, 2.24) is 0 Å². The minimum absolute atomic E-state index is 0.279. The molecule has 0 heterocycles. The first-order chi connectivity index (χ1) is 9.41. The molecule has 0 aromatic rings. The van der Waals surface area contributed by atoms with Gasteiger partial charge in [0.2, 0.25) is 0 Å². The maximum atomic E-state index is 10.5. The molecular formula is C16H30O4. The largest absolute Gasteiger partial charge is 0.481 e. The highest BCUT2D eigenvalue weighted by Gasteiger charge is 2.07. The first-order valence-electron chi connectivity index (χ1n) is 7.85. The quantitative estimate of drug-likeness (QED) is 0.494. The number of rotatable bonds is 13. The molecular weight excluding hydrogens is 256 g/mol. The second-order valence-corrected chi connectivity index (χ2v) is 6.10. The number of hydrogen-bond donors (Lipinski definition) is 2. The molecule has 0 aromatic heterocycles. The van der Waals surface area contributed by atoms with Gasteiger partial charge in [0.1, 0.15) is 0 Å². The Kier molecular flexibility index (Phi) is 11.1. The Bertz CT molecular complexity index is 248. The smallest absolute Gasteiger partial charge is 0.303 e. The molecule has 0 bridgehead atoms. The van der Waals surface area contributed by atoms with Crippen LogP contribution in [0.5, 0.6) is 0 Å². The van der Waals surface area contributed by atoms with Crippen LogP contribution in [-0.4, -0.2) is 22.2 Å². The number of carbonyl (C=O) groups is 2. The van der Waals surface area contributed by atoms with E-state index >= 15 is 0 Å². The highest BCUT2D eigenvalue weighted by atomic mass is 16.4. The SMILES string of the molecule is CC(CCCCCCCCC(C)CC(=O)O)CC(=O)O. The Morgan fingerprint density at radius 3 is 1.30 bits per heavy atom. The fourth-order valence-corrected chi connectivity index (χ4v) is 2.49. The first-order valence-corrected chi connectivity index (χ1v) is 7.85. The molecule has 20 heavy (non-hydrogen) atoms. The van der Waals surface area contributed by atoms with Crippen LogP contribution in [0.25, 0.3) is 0 Å². The lowest BCUT2D eigenvalue weighted by Crippen LogP contribution is -2.04. The summed E-state index contributed by atoms with van der Waals surface area (Å²) in [4.78, 5) is 21.0. The first kappa shape index (κ1) is 18.9. The van der Waals surface area contributed by atoms with E-state index in [9.17, 15) is 9.59 Å². The van der Waals surface area contributed by atoms with E-state index in [0.717, 1.165) is 25.7 Å². The Morgan fingerprint density at radius 2 is 1.00 bits per heavy atom. The summed E-state index contributed by atoms with van der Waals surface area (Å²) in [5.74, 6) is -0.838. The Balaban J connectivity index is 3.28. The zero-order valence-corrected chi connectivity index (χ0v) is 12.9. The van der Waals surface area contributed by atoms with Crippen molar-refractivity contribution in [3.8, 4) is 0 Å². The van der Waals surface area contributed by atoms with Gasteiger partial charge in [-0.1, -0.05) is 65.2 Å². The summed E-state index contributed by atoms with van der Waals surface area (Å²) in [6.45, 7) is 4.00. The van der Waals surface area contributed by atoms with Gasteiger partial charge < -0.3 is 10.2 Å². The summed E-state index contributed by atoms with van der Waals surface area (Å²) in [7, 11) is 0. The lowest BCUT2D eigenvalue weighted by molar-refractivity contribution is -0.139. The van der Waals surface area contributed by atoms with E-state index in [1.165, 1.54) is 25.7 Å². The van der Waals surface area contributed by atoms with Crippen molar-refractivity contribution in [3.63, 3.8) is 0 Å². The second kappa shape index (κ2) is 11.7. The maximum absolute atomic E-state index is 10.5. The van der Waals surface area contributed by atoms with Gasteiger partial charge in [0, 0.05) is 12.8 Å². The lowest BCUT2D eigenvalue weighted by atomic mass is 9.97. The van der Waals surface area contributed by atoms with E-state index in [1.807, 2.05) is 13.8 Å². The van der Waals surface area contributed by atoms with Crippen molar-refractivity contribution in [2.75, 3.05) is 0 Å². The van der Waals surface area contributed by atoms with E-state index in [1.54, 1.807) is 0 Å². The highest BCUT2D eigenvalue weighted by Crippen LogP contribution is 2.17. The predicted octanol–water partition coefficient (Wildman–Crippen LogP) is 4.33. The number of hydrogen-bond acceptors (Lipinski definition) is 2. The van der Waals surface area contributed by atoms with Gasteiger partial charge in [-0.25, -0.2) is 0 Å². The molecule has 2 unspecified atom stereocenters. The van der Waals surface area contributed by atoms with Crippen LogP contribution in [0.1, 0.15) is 78.1 Å². The molecule has 0 fully saturated rings. The molecule has 0 aliphatic heterocycles. The van der Waals surface area contributed by atoms with Crippen molar-refractivity contribution in [1.29, 1.82) is 0 Å². The molecule has 0 radical (unpaired) electrons. The third kappa shape index (κ3) is 13.4. The number of carboxylic acid groups (broad SMARTS) is 2. The van der Waals surface area contributed by atoms with Gasteiger partial charge in [0.15, 0.2) is 0 Å². The fourth-order valence-electron chi connectivity index (χ4n) is 2.49. The van der Waals surface area contributed by atoms with Crippen LogP contribution in [0.15, 0.2) is 0 Å². The van der Waals surface area contributed by atoms with E-state index in [0.29, 0.717) is 0 Å². The molecule has 0 amide bonds. The molecule has 0 rings (SSSR count). The summed E-state index contributed by atoms with van der Waals surface area (Å²) < 4.78 is 0. The number of carboxylic acids is 2. The monoisotopic (exact) mass is 286 g/mol. The van der Waals surface area contributed by atoms with E-state index < -0.39 is 11.9 Å². The molecule has 4 nitrogen and oxygen atoms in total. The molecule has 2 atom stereocenters. The third-order valence-corrected chi connectivity index (χ3v) is 3.69. The van der Waals surface area contributed by atoms with Crippen molar-refractivity contribution >= 4 is 11.9 Å². The Hall–Kier alpha value is -1.06. The molecule has 0 aliphatic carbocycles. The summed E-state index contributed by atoms with van der Waals surface area (Å²) in [6.07, 6.45) is 9.55. The second-order valence-electron chi connectivity index (χ2n) is 6.10. The van der Waals surface area contributed by atoms with Gasteiger partial charge >= 0.3 is 11.9 Å². The van der Waals surface area contributed by atoms with E-state index in [4.69, 9.17) is 10.2 Å². The summed E-state index contributed by atoms with van der Waals surface area (Å²) in [5.41, 5.74) is 0. The predicted molar refractivity (Wildman–Crippen MR) is 79.8 cm³/mol. The zero-order valence-electron chi connectivity index (χ0n) is 12.9. The van der Waals surface area contributed by atoms with Crippen LogP contribution in [0.4, 0.5) is 0 Å². The molecule has 0 saturated heterocycles. The Labute approximate surface area is 122 Å². The standard InChI is InChI=1S/C16H30O4/c1-13(11-15(17)18)9-7-5-3-4-6-8-10-14(2)12-16(19)20/h13-14H,3-12H2,1-2H3,(H,17,18)(H,19,20). The minimum atomic E-state index is -0.701. The summed E-state index contributed by atoms with van der Waals surface area (Å²) in [6, 6.07) is 0. The van der Waals surface area contributed by atoms with Gasteiger partial charge in [-0.3, -0.25) is 9.59 Å². The summed E-state index contributed by atoms with van der Waals surface area (Å²) in [5, 5.41) is 17.3. The average Bonchev–Trinajstić information content (AvgIpc) is 2.30. The van der Waals surface area contributed by atoms with Gasteiger partial charge in [0.05, 0.1) is 0 Å². The molecule has 4 heteroatoms. The average molecular weight is 286 g/mol. The van der Waals surface area contributed by atoms with Gasteiger partial charge in [-0.2, -0.15) is 0 Å². The van der Waals surface area contributed by atoms with Crippen molar-refractivity contribution in [2.24, 2.45) is 11.8 Å². The van der Waals surface area contributed by atoms with Crippen LogP contribution in [-0.2, 0) is 9.59 Å². The van der Waals surface area contributed by atoms with Crippen LogP contribution < -0.4 is 0 Å². The molecule has 0 aliphatic rings. The zero-order chi connectivity index (χ0) is 15.4. The number of aliphatic carboxylic acids is 2. The van der Waals surface area contributed by atoms with Crippen LogP contribution in [0.2, 0.25) is 0 Å². The molecule has 0 spiro atoms. The molecule has 2 N–H and O–H groups in total. The van der Waals surface area contributed by atoms with Crippen LogP contribution in [0, 0.1) is 11.8 Å². The topological polar surface area (TPSA) is 74.6 Å². The minimum Gasteiger partial charge on any atom is -0.481 e. The normalized spacial score (nSPS) is 13.9. The van der Waals surface area contributed by atoms with Crippen molar-refractivity contribution < 1.29 is 19.8 Å². The van der Waals surface area contributed by atoms with Crippen LogP contribution in [0.3, 0.4) is 0 Å². The van der Waals surface area contributed by atoms with Gasteiger partial charge in [-0.15, -0.1) is 0 Å². The van der Waals surface area contributed by atoms with Crippen LogP contribution >= 0.6 is 0 Å². The summed E-state index contributed by atoms with van der Waals surface area (Å²) >= 11 is 0. The van der Waals surface area contributed by atoms with Crippen molar-refractivity contribution in [2.45, 2.75) is 78.1 Å². The molecule has 0 aromatic carbocycles. The van der Waals surface area contributed by atoms with E-state index in [-0.39, 0.29) is 24.7 Å².